The van der Waals surface area contributed by atoms with Crippen molar-refractivity contribution in [1.82, 2.24) is 9.55 Å². The van der Waals surface area contributed by atoms with Crippen molar-refractivity contribution in [3.63, 3.8) is 0 Å². The molecule has 8 heteroatoms. The number of aryl methyl sites for hydroxylation is 1. The van der Waals surface area contributed by atoms with E-state index in [0.717, 1.165) is 28.3 Å². The summed E-state index contributed by atoms with van der Waals surface area (Å²) in [5, 5.41) is 6.94. The molecule has 2 aromatic heterocycles. The number of nitrogens with one attached hydrogen (secondary N) is 1. The highest BCUT2D eigenvalue weighted by Crippen LogP contribution is 2.26. The van der Waals surface area contributed by atoms with Crippen LogP contribution in [0.15, 0.2) is 44.7 Å². The van der Waals surface area contributed by atoms with E-state index in [1.165, 1.54) is 20.8 Å². The predicted octanol–water partition coefficient (Wildman–Crippen LogP) is 3.70. The van der Waals surface area contributed by atoms with Crippen molar-refractivity contribution in [3.05, 3.63) is 50.4 Å². The molecule has 0 spiro atoms. The first kappa shape index (κ1) is 16.9. The molecule has 0 atom stereocenters. The Hall–Kier alpha value is -1.90. The van der Waals surface area contributed by atoms with Gasteiger partial charge in [-0.15, -0.1) is 23.1 Å². The quantitative estimate of drug-likeness (QED) is 0.689. The zero-order chi connectivity index (χ0) is 17.1. The molecule has 0 bridgehead atoms. The van der Waals surface area contributed by atoms with Gasteiger partial charge in [-0.05, 0) is 25.3 Å². The maximum absolute atomic E-state index is 12.1. The van der Waals surface area contributed by atoms with E-state index >= 15 is 0 Å². The van der Waals surface area contributed by atoms with Crippen LogP contribution in [-0.2, 0) is 11.3 Å². The summed E-state index contributed by atoms with van der Waals surface area (Å²) in [7, 11) is 0. The minimum absolute atomic E-state index is 0.00546. The number of carbonyl (C=O) groups excluding carboxylic acids is 1. The maximum Gasteiger partial charge on any atom is 0.307 e. The Morgan fingerprint density at radius 1 is 1.25 bits per heavy atom. The molecular formula is C16H15N3O2S3. The van der Waals surface area contributed by atoms with Gasteiger partial charge in [0.1, 0.15) is 6.54 Å². The van der Waals surface area contributed by atoms with Crippen molar-refractivity contribution in [2.75, 3.05) is 11.6 Å². The molecule has 0 unspecified atom stereocenters. The van der Waals surface area contributed by atoms with Crippen molar-refractivity contribution in [2.24, 2.45) is 0 Å². The third-order valence-corrected chi connectivity index (χ3v) is 5.80. The van der Waals surface area contributed by atoms with E-state index in [2.05, 4.69) is 10.3 Å². The summed E-state index contributed by atoms with van der Waals surface area (Å²) in [6, 6.07) is 8.12. The summed E-state index contributed by atoms with van der Waals surface area (Å²) in [4.78, 5) is 29.3. The van der Waals surface area contributed by atoms with Gasteiger partial charge >= 0.3 is 4.87 Å². The van der Waals surface area contributed by atoms with E-state index in [4.69, 9.17) is 0 Å². The van der Waals surface area contributed by atoms with Crippen LogP contribution in [0.1, 0.15) is 5.69 Å². The number of hydrogen-bond acceptors (Lipinski definition) is 6. The summed E-state index contributed by atoms with van der Waals surface area (Å²) < 4.78 is 1.45. The van der Waals surface area contributed by atoms with Gasteiger partial charge in [-0.1, -0.05) is 23.5 Å². The maximum atomic E-state index is 12.1. The molecule has 24 heavy (non-hydrogen) atoms. The molecule has 3 aromatic rings. The number of amides is 1. The Balaban J connectivity index is 1.69. The number of hydrogen-bond donors (Lipinski definition) is 1. The summed E-state index contributed by atoms with van der Waals surface area (Å²) in [5.74, 6) is -0.253. The normalized spacial score (nSPS) is 10.8. The Bertz CT molecular complexity index is 909. The van der Waals surface area contributed by atoms with Gasteiger partial charge in [0, 0.05) is 26.9 Å². The standard InChI is InChI=1S/C16H15N3O2S3/c1-10-8-24-16(21)19(10)7-14(20)18-15-17-13(9-23-15)11-3-5-12(22-2)6-4-11/h3-6,8-9H,7H2,1-2H3,(H,17,18,20). The number of anilines is 1. The second-order valence-electron chi connectivity index (χ2n) is 5.04. The van der Waals surface area contributed by atoms with E-state index < -0.39 is 0 Å². The monoisotopic (exact) mass is 377 g/mol. The number of thiazole rings is 2. The molecule has 3 rings (SSSR count). The first-order valence-corrected chi connectivity index (χ1v) is 10.1. The molecule has 0 aliphatic heterocycles. The van der Waals surface area contributed by atoms with Crippen molar-refractivity contribution in [3.8, 4) is 11.3 Å². The van der Waals surface area contributed by atoms with Gasteiger partial charge in [0.05, 0.1) is 5.69 Å². The van der Waals surface area contributed by atoms with Crippen LogP contribution in [0, 0.1) is 6.92 Å². The topological polar surface area (TPSA) is 64.0 Å². The third kappa shape index (κ3) is 3.77. The van der Waals surface area contributed by atoms with Gasteiger partial charge in [0.25, 0.3) is 0 Å². The van der Waals surface area contributed by atoms with Crippen molar-refractivity contribution >= 4 is 45.5 Å². The average molecular weight is 378 g/mol. The predicted molar refractivity (Wildman–Crippen MR) is 101 cm³/mol. The lowest BCUT2D eigenvalue weighted by Crippen LogP contribution is -2.25. The molecule has 2 heterocycles. The Kier molecular flexibility index (Phi) is 5.17. The minimum Gasteiger partial charge on any atom is -0.300 e. The smallest absolute Gasteiger partial charge is 0.300 e. The number of benzene rings is 1. The average Bonchev–Trinajstić information content (AvgIpc) is 3.17. The number of thioether (sulfide) groups is 1. The Morgan fingerprint density at radius 3 is 2.62 bits per heavy atom. The molecule has 0 radical (unpaired) electrons. The van der Waals surface area contributed by atoms with E-state index in [0.29, 0.717) is 5.13 Å². The van der Waals surface area contributed by atoms with Gasteiger partial charge in [0.2, 0.25) is 5.91 Å². The molecule has 0 fully saturated rings. The molecule has 0 aliphatic carbocycles. The van der Waals surface area contributed by atoms with Crippen LogP contribution in [-0.4, -0.2) is 21.7 Å². The molecule has 124 valence electrons. The number of nitrogens with zero attached hydrogens (tertiary/aromatic N) is 2. The van der Waals surface area contributed by atoms with Gasteiger partial charge < -0.3 is 5.32 Å². The molecule has 5 nitrogen and oxygen atoms in total. The van der Waals surface area contributed by atoms with Crippen LogP contribution in [0.4, 0.5) is 5.13 Å². The number of aromatic nitrogens is 2. The van der Waals surface area contributed by atoms with Gasteiger partial charge in [-0.25, -0.2) is 4.98 Å². The summed E-state index contributed by atoms with van der Waals surface area (Å²) in [6.07, 6.45) is 2.03. The third-order valence-electron chi connectivity index (χ3n) is 3.41. The van der Waals surface area contributed by atoms with E-state index in [-0.39, 0.29) is 17.3 Å². The molecule has 1 N–H and O–H groups in total. The van der Waals surface area contributed by atoms with Crippen molar-refractivity contribution < 1.29 is 4.79 Å². The Morgan fingerprint density at radius 2 is 2.00 bits per heavy atom. The first-order valence-electron chi connectivity index (χ1n) is 7.11. The molecule has 1 aromatic carbocycles. The van der Waals surface area contributed by atoms with E-state index in [9.17, 15) is 9.59 Å². The lowest BCUT2D eigenvalue weighted by Gasteiger charge is -2.04. The van der Waals surface area contributed by atoms with Crippen LogP contribution >= 0.6 is 34.4 Å². The molecule has 0 saturated heterocycles. The lowest BCUT2D eigenvalue weighted by molar-refractivity contribution is -0.116. The zero-order valence-electron chi connectivity index (χ0n) is 13.1. The summed E-state index contributed by atoms with van der Waals surface area (Å²) in [5.41, 5.74) is 2.62. The van der Waals surface area contributed by atoms with Crippen LogP contribution in [0.25, 0.3) is 11.3 Å². The van der Waals surface area contributed by atoms with Gasteiger partial charge in [0.15, 0.2) is 5.13 Å². The minimum atomic E-state index is -0.253. The first-order chi connectivity index (χ1) is 11.6. The van der Waals surface area contributed by atoms with Crippen LogP contribution < -0.4 is 10.2 Å². The summed E-state index contributed by atoms with van der Waals surface area (Å²) in [6.45, 7) is 1.82. The summed E-state index contributed by atoms with van der Waals surface area (Å²) >= 11 is 4.16. The van der Waals surface area contributed by atoms with Gasteiger partial charge in [-0.3, -0.25) is 14.2 Å². The fourth-order valence-electron chi connectivity index (χ4n) is 2.12. The lowest BCUT2D eigenvalue weighted by atomic mass is 10.2. The second kappa shape index (κ2) is 7.33. The SMILES string of the molecule is CSc1ccc(-c2csc(NC(=O)Cn3c(C)csc3=O)n2)cc1. The molecule has 0 aliphatic rings. The fourth-order valence-corrected chi connectivity index (χ4v) is 4.00. The second-order valence-corrected chi connectivity index (χ2v) is 7.60. The van der Waals surface area contributed by atoms with Crippen molar-refractivity contribution in [2.45, 2.75) is 18.4 Å². The number of rotatable bonds is 5. The Labute approximate surface area is 151 Å². The molecular weight excluding hydrogens is 362 g/mol. The number of carbonyl (C=O) groups is 1. The highest BCUT2D eigenvalue weighted by molar-refractivity contribution is 7.98. The fraction of sp³-hybridized carbons (Fsp3) is 0.188. The van der Waals surface area contributed by atoms with E-state index in [1.807, 2.05) is 42.8 Å². The van der Waals surface area contributed by atoms with Crippen molar-refractivity contribution in [1.29, 1.82) is 0 Å². The largest absolute Gasteiger partial charge is 0.307 e. The van der Waals surface area contributed by atoms with E-state index in [1.54, 1.807) is 17.1 Å². The van der Waals surface area contributed by atoms with Crippen LogP contribution in [0.2, 0.25) is 0 Å². The molecule has 0 saturated carbocycles. The molecule has 1 amide bonds. The van der Waals surface area contributed by atoms with Gasteiger partial charge in [-0.2, -0.15) is 0 Å². The highest BCUT2D eigenvalue weighted by atomic mass is 32.2. The zero-order valence-corrected chi connectivity index (χ0v) is 15.6. The highest BCUT2D eigenvalue weighted by Gasteiger charge is 2.11. The van der Waals surface area contributed by atoms with Crippen LogP contribution in [0.5, 0.6) is 0 Å². The van der Waals surface area contributed by atoms with Crippen LogP contribution in [0.3, 0.4) is 0 Å².